The van der Waals surface area contributed by atoms with E-state index in [0.29, 0.717) is 40.3 Å². The first kappa shape index (κ1) is 21.2. The van der Waals surface area contributed by atoms with Crippen LogP contribution in [0, 0.1) is 0 Å². The molecular weight excluding hydrogens is 396 g/mol. The van der Waals surface area contributed by atoms with E-state index in [4.69, 9.17) is 13.9 Å². The second-order valence-corrected chi connectivity index (χ2v) is 7.84. The molecule has 1 aliphatic rings. The first-order chi connectivity index (χ1) is 15.0. The highest BCUT2D eigenvalue weighted by Crippen LogP contribution is 2.34. The van der Waals surface area contributed by atoms with Crippen molar-refractivity contribution in [1.29, 1.82) is 0 Å². The van der Waals surface area contributed by atoms with Gasteiger partial charge in [0.25, 0.3) is 0 Å². The van der Waals surface area contributed by atoms with Crippen molar-refractivity contribution in [3.63, 3.8) is 0 Å². The van der Waals surface area contributed by atoms with Gasteiger partial charge in [0.15, 0.2) is 0 Å². The van der Waals surface area contributed by atoms with Gasteiger partial charge in [0.1, 0.15) is 23.6 Å². The first-order valence-corrected chi connectivity index (χ1v) is 10.6. The Balaban J connectivity index is 1.75. The molecule has 0 atom stereocenters. The third kappa shape index (κ3) is 4.24. The lowest BCUT2D eigenvalue weighted by Gasteiger charge is -2.32. The lowest BCUT2D eigenvalue weighted by Crippen LogP contribution is -3.13. The lowest BCUT2D eigenvalue weighted by molar-refractivity contribution is -0.918. The third-order valence-corrected chi connectivity index (χ3v) is 6.10. The summed E-state index contributed by atoms with van der Waals surface area (Å²) in [5.74, 6) is 1.07. The number of nitrogens with one attached hydrogen (secondary N) is 1. The van der Waals surface area contributed by atoms with E-state index in [1.807, 2.05) is 0 Å². The lowest BCUT2D eigenvalue weighted by atomic mass is 10.0. The molecule has 0 amide bonds. The molecule has 1 fully saturated rings. The Kier molecular flexibility index (Phi) is 6.15. The number of likely N-dealkylation sites (N-methyl/N-ethyl adjacent to an activating group) is 1. The molecular formula is C24H28N2O5. The summed E-state index contributed by atoms with van der Waals surface area (Å²) in [4.78, 5) is 16.7. The van der Waals surface area contributed by atoms with Crippen molar-refractivity contribution in [2.45, 2.75) is 13.5 Å². The molecule has 0 bridgehead atoms. The number of rotatable bonds is 6. The van der Waals surface area contributed by atoms with Crippen LogP contribution in [-0.4, -0.2) is 51.8 Å². The molecule has 7 heteroatoms. The Morgan fingerprint density at radius 2 is 1.84 bits per heavy atom. The normalized spacial score (nSPS) is 15.3. The summed E-state index contributed by atoms with van der Waals surface area (Å²) >= 11 is 0. The molecule has 4 rings (SSSR count). The molecule has 0 spiro atoms. The zero-order chi connectivity index (χ0) is 22.0. The minimum Gasteiger partial charge on any atom is -0.872 e. The van der Waals surface area contributed by atoms with Gasteiger partial charge < -0.3 is 23.9 Å². The fraction of sp³-hybridized carbons (Fsp3) is 0.375. The largest absolute Gasteiger partial charge is 0.872 e. The van der Waals surface area contributed by atoms with Gasteiger partial charge in [-0.25, -0.2) is 4.79 Å². The van der Waals surface area contributed by atoms with Gasteiger partial charge in [-0.15, -0.1) is 0 Å². The Morgan fingerprint density at radius 3 is 2.52 bits per heavy atom. The fourth-order valence-electron chi connectivity index (χ4n) is 4.22. The molecule has 0 saturated carbocycles. The number of benzene rings is 2. The van der Waals surface area contributed by atoms with E-state index in [-0.39, 0.29) is 5.75 Å². The monoisotopic (exact) mass is 424 g/mol. The highest BCUT2D eigenvalue weighted by molar-refractivity contribution is 5.86. The predicted octanol–water partition coefficient (Wildman–Crippen LogP) is 1.27. The van der Waals surface area contributed by atoms with E-state index in [0.717, 1.165) is 38.1 Å². The number of ether oxygens (including phenoxy) is 2. The smallest absolute Gasteiger partial charge is 0.344 e. The van der Waals surface area contributed by atoms with Crippen molar-refractivity contribution in [3.05, 3.63) is 52.4 Å². The van der Waals surface area contributed by atoms with Gasteiger partial charge in [-0.2, -0.15) is 0 Å². The van der Waals surface area contributed by atoms with Crippen molar-refractivity contribution < 1.29 is 23.9 Å². The van der Waals surface area contributed by atoms with Crippen molar-refractivity contribution in [3.8, 4) is 28.4 Å². The molecule has 1 aromatic heterocycles. The van der Waals surface area contributed by atoms with Gasteiger partial charge in [-0.1, -0.05) is 24.8 Å². The van der Waals surface area contributed by atoms with Crippen LogP contribution >= 0.6 is 0 Å². The SMILES string of the molecule is CCN1CC[NH+](Cc2c([O-])ccc3cc(-c4cc(OC)ccc4OC)c(=O)oc23)CC1. The second-order valence-electron chi connectivity index (χ2n) is 7.84. The van der Waals surface area contributed by atoms with Crippen molar-refractivity contribution in [2.24, 2.45) is 0 Å². The van der Waals surface area contributed by atoms with E-state index in [9.17, 15) is 9.90 Å². The number of hydrogen-bond donors (Lipinski definition) is 1. The molecule has 1 N–H and O–H groups in total. The van der Waals surface area contributed by atoms with Crippen LogP contribution in [-0.2, 0) is 6.54 Å². The average Bonchev–Trinajstić information content (AvgIpc) is 2.80. The van der Waals surface area contributed by atoms with Crippen LogP contribution in [0.1, 0.15) is 12.5 Å². The zero-order valence-corrected chi connectivity index (χ0v) is 18.2. The minimum absolute atomic E-state index is 0.0900. The van der Waals surface area contributed by atoms with E-state index in [1.54, 1.807) is 50.6 Å². The summed E-state index contributed by atoms with van der Waals surface area (Å²) in [5, 5.41) is 13.4. The van der Waals surface area contributed by atoms with Crippen molar-refractivity contribution >= 4 is 11.0 Å². The van der Waals surface area contributed by atoms with Gasteiger partial charge in [-0.05, 0) is 30.8 Å². The van der Waals surface area contributed by atoms with Crippen molar-refractivity contribution in [2.75, 3.05) is 46.9 Å². The molecule has 3 aromatic rings. The highest BCUT2D eigenvalue weighted by Gasteiger charge is 2.22. The van der Waals surface area contributed by atoms with Gasteiger partial charge >= 0.3 is 5.63 Å². The molecule has 0 radical (unpaired) electrons. The number of nitrogens with zero attached hydrogens (tertiary/aromatic N) is 1. The van der Waals surface area contributed by atoms with E-state index >= 15 is 0 Å². The van der Waals surface area contributed by atoms with Crippen LogP contribution in [0.3, 0.4) is 0 Å². The standard InChI is InChI=1S/C24H28N2O5/c1-4-25-9-11-26(12-10-25)15-20-21(27)7-5-16-13-19(24(28)31-23(16)20)18-14-17(29-2)6-8-22(18)30-3/h5-8,13-14,27H,4,9-12,15H2,1-3H3. The van der Waals surface area contributed by atoms with Crippen LogP contribution < -0.4 is 25.1 Å². The minimum atomic E-state index is -0.503. The summed E-state index contributed by atoms with van der Waals surface area (Å²) in [5.41, 5.74) is 1.41. The Bertz CT molecular complexity index is 1130. The van der Waals surface area contributed by atoms with Crippen LogP contribution in [0.5, 0.6) is 17.2 Å². The predicted molar refractivity (Wildman–Crippen MR) is 117 cm³/mol. The topological polar surface area (TPSA) is 79.4 Å². The van der Waals surface area contributed by atoms with Crippen LogP contribution in [0.25, 0.3) is 22.1 Å². The maximum Gasteiger partial charge on any atom is 0.344 e. The Hall–Kier alpha value is -3.03. The van der Waals surface area contributed by atoms with Gasteiger partial charge in [0.05, 0.1) is 32.9 Å². The van der Waals surface area contributed by atoms with E-state index in [1.165, 1.54) is 4.90 Å². The molecule has 2 heterocycles. The summed E-state index contributed by atoms with van der Waals surface area (Å²) in [6, 6.07) is 10.3. The molecule has 1 aliphatic heterocycles. The summed E-state index contributed by atoms with van der Waals surface area (Å²) in [7, 11) is 3.12. The van der Waals surface area contributed by atoms with E-state index < -0.39 is 5.63 Å². The average molecular weight is 424 g/mol. The molecule has 2 aromatic carbocycles. The quantitative estimate of drug-likeness (QED) is 0.601. The Morgan fingerprint density at radius 1 is 1.06 bits per heavy atom. The maximum absolute atomic E-state index is 13.0. The molecule has 164 valence electrons. The van der Waals surface area contributed by atoms with E-state index in [2.05, 4.69) is 11.8 Å². The second kappa shape index (κ2) is 8.99. The molecule has 31 heavy (non-hydrogen) atoms. The van der Waals surface area contributed by atoms with Crippen molar-refractivity contribution in [1.82, 2.24) is 4.90 Å². The first-order valence-electron chi connectivity index (χ1n) is 10.6. The third-order valence-electron chi connectivity index (χ3n) is 6.10. The number of fused-ring (bicyclic) bond motifs is 1. The fourth-order valence-corrected chi connectivity index (χ4v) is 4.22. The zero-order valence-electron chi connectivity index (χ0n) is 18.2. The molecule has 1 saturated heterocycles. The van der Waals surface area contributed by atoms with Crippen LogP contribution in [0.4, 0.5) is 0 Å². The summed E-state index contributed by atoms with van der Waals surface area (Å²) < 4.78 is 16.5. The molecule has 0 aliphatic carbocycles. The highest BCUT2D eigenvalue weighted by atomic mass is 16.5. The number of methoxy groups -OCH3 is 2. The summed E-state index contributed by atoms with van der Waals surface area (Å²) in [6.45, 7) is 7.70. The van der Waals surface area contributed by atoms with Gasteiger partial charge in [-0.3, -0.25) is 4.90 Å². The maximum atomic E-state index is 13.0. The number of piperazine rings is 1. The summed E-state index contributed by atoms with van der Waals surface area (Å²) in [6.07, 6.45) is 0. The van der Waals surface area contributed by atoms with Crippen LogP contribution in [0.2, 0.25) is 0 Å². The van der Waals surface area contributed by atoms with Gasteiger partial charge in [0, 0.05) is 29.6 Å². The number of hydrogen-bond acceptors (Lipinski definition) is 6. The Labute approximate surface area is 181 Å². The van der Waals surface area contributed by atoms with Crippen LogP contribution in [0.15, 0.2) is 45.6 Å². The molecule has 0 unspecified atom stereocenters. The number of quaternary nitrogens is 1. The molecule has 7 nitrogen and oxygen atoms in total. The van der Waals surface area contributed by atoms with Gasteiger partial charge in [0.2, 0.25) is 0 Å².